The van der Waals surface area contributed by atoms with Gasteiger partial charge >= 0.3 is 0 Å². The molecule has 5 heteroatoms. The Hall–Kier alpha value is -1.88. The zero-order valence-electron chi connectivity index (χ0n) is 10.6. The van der Waals surface area contributed by atoms with E-state index in [0.717, 1.165) is 0 Å². The van der Waals surface area contributed by atoms with E-state index in [0.29, 0.717) is 17.7 Å². The lowest BCUT2D eigenvalue weighted by molar-refractivity contribution is -0.114. The van der Waals surface area contributed by atoms with Crippen LogP contribution in [0.25, 0.3) is 0 Å². The predicted octanol–water partition coefficient (Wildman–Crippen LogP) is 1.15. The zero-order valence-corrected chi connectivity index (χ0v) is 10.6. The lowest BCUT2D eigenvalue weighted by Gasteiger charge is -2.12. The first-order valence-electron chi connectivity index (χ1n) is 5.82. The Balaban J connectivity index is 2.61. The van der Waals surface area contributed by atoms with Gasteiger partial charge in [0.05, 0.1) is 0 Å². The molecular formula is C13H18N2O3. The highest BCUT2D eigenvalue weighted by Crippen LogP contribution is 2.09. The molecule has 0 saturated carbocycles. The number of amides is 2. The standard InChI is InChI=1S/C13H18N2O3/c1-9(7-8-16)14-13(18)11-3-5-12(6-4-11)15-10(2)17/h3-6,9,16H,7-8H2,1-2H3,(H,14,18)(H,15,17). The summed E-state index contributed by atoms with van der Waals surface area (Å²) >= 11 is 0. The van der Waals surface area contributed by atoms with E-state index in [4.69, 9.17) is 5.11 Å². The Labute approximate surface area is 106 Å². The maximum absolute atomic E-state index is 11.8. The molecule has 0 aliphatic rings. The second-order valence-corrected chi connectivity index (χ2v) is 4.15. The minimum atomic E-state index is -0.190. The smallest absolute Gasteiger partial charge is 0.251 e. The SMILES string of the molecule is CC(=O)Nc1ccc(C(=O)NC(C)CCO)cc1. The van der Waals surface area contributed by atoms with Gasteiger partial charge in [0.25, 0.3) is 5.91 Å². The summed E-state index contributed by atoms with van der Waals surface area (Å²) in [6.07, 6.45) is 0.524. The Morgan fingerprint density at radius 3 is 2.39 bits per heavy atom. The Kier molecular flexibility index (Phi) is 5.32. The summed E-state index contributed by atoms with van der Waals surface area (Å²) in [5, 5.41) is 14.1. The van der Waals surface area contributed by atoms with E-state index in [1.165, 1.54) is 6.92 Å². The highest BCUT2D eigenvalue weighted by Gasteiger charge is 2.09. The lowest BCUT2D eigenvalue weighted by Crippen LogP contribution is -2.33. The van der Waals surface area contributed by atoms with E-state index in [1.54, 1.807) is 24.3 Å². The van der Waals surface area contributed by atoms with Crippen LogP contribution in [0.1, 0.15) is 30.6 Å². The third-order valence-corrected chi connectivity index (χ3v) is 2.41. The van der Waals surface area contributed by atoms with Gasteiger partial charge in [0.15, 0.2) is 0 Å². The Morgan fingerprint density at radius 1 is 1.28 bits per heavy atom. The molecule has 0 spiro atoms. The van der Waals surface area contributed by atoms with Crippen LogP contribution >= 0.6 is 0 Å². The number of hydrogen-bond donors (Lipinski definition) is 3. The summed E-state index contributed by atoms with van der Waals surface area (Å²) in [6.45, 7) is 3.31. The molecule has 1 rings (SSSR count). The van der Waals surface area contributed by atoms with Crippen LogP contribution in [-0.2, 0) is 4.79 Å². The number of benzene rings is 1. The topological polar surface area (TPSA) is 78.4 Å². The van der Waals surface area contributed by atoms with Gasteiger partial charge < -0.3 is 15.7 Å². The van der Waals surface area contributed by atoms with Crippen molar-refractivity contribution in [1.29, 1.82) is 0 Å². The van der Waals surface area contributed by atoms with E-state index in [-0.39, 0.29) is 24.5 Å². The number of anilines is 1. The second kappa shape index (κ2) is 6.76. The van der Waals surface area contributed by atoms with Gasteiger partial charge in [-0.2, -0.15) is 0 Å². The molecule has 0 aliphatic heterocycles. The fourth-order valence-corrected chi connectivity index (χ4v) is 1.48. The second-order valence-electron chi connectivity index (χ2n) is 4.15. The van der Waals surface area contributed by atoms with E-state index >= 15 is 0 Å². The fourth-order valence-electron chi connectivity index (χ4n) is 1.48. The molecule has 2 amide bonds. The van der Waals surface area contributed by atoms with E-state index < -0.39 is 0 Å². The molecule has 0 saturated heterocycles. The highest BCUT2D eigenvalue weighted by molar-refractivity contribution is 5.95. The fraction of sp³-hybridized carbons (Fsp3) is 0.385. The van der Waals surface area contributed by atoms with Crippen LogP contribution in [0.5, 0.6) is 0 Å². The van der Waals surface area contributed by atoms with Crippen molar-refractivity contribution in [3.8, 4) is 0 Å². The van der Waals surface area contributed by atoms with Crippen LogP contribution in [-0.4, -0.2) is 29.6 Å². The van der Waals surface area contributed by atoms with Crippen molar-refractivity contribution in [3.05, 3.63) is 29.8 Å². The van der Waals surface area contributed by atoms with Crippen molar-refractivity contribution in [3.63, 3.8) is 0 Å². The summed E-state index contributed by atoms with van der Waals surface area (Å²) in [5.41, 5.74) is 1.18. The summed E-state index contributed by atoms with van der Waals surface area (Å²) in [5.74, 6) is -0.339. The van der Waals surface area contributed by atoms with E-state index in [2.05, 4.69) is 10.6 Å². The minimum Gasteiger partial charge on any atom is -0.396 e. The summed E-state index contributed by atoms with van der Waals surface area (Å²) in [4.78, 5) is 22.6. The average molecular weight is 250 g/mol. The molecule has 1 atom stereocenters. The average Bonchev–Trinajstić information content (AvgIpc) is 2.29. The first kappa shape index (κ1) is 14.2. The van der Waals surface area contributed by atoms with Crippen LogP contribution in [0, 0.1) is 0 Å². The molecule has 98 valence electrons. The van der Waals surface area contributed by atoms with Gasteiger partial charge in [-0.25, -0.2) is 0 Å². The maximum atomic E-state index is 11.8. The third kappa shape index (κ3) is 4.55. The van der Waals surface area contributed by atoms with Crippen molar-refractivity contribution >= 4 is 17.5 Å². The van der Waals surface area contributed by atoms with E-state index in [9.17, 15) is 9.59 Å². The third-order valence-electron chi connectivity index (χ3n) is 2.41. The number of rotatable bonds is 5. The highest BCUT2D eigenvalue weighted by atomic mass is 16.3. The molecule has 0 bridgehead atoms. The lowest BCUT2D eigenvalue weighted by atomic mass is 10.1. The van der Waals surface area contributed by atoms with Crippen molar-refractivity contribution < 1.29 is 14.7 Å². The van der Waals surface area contributed by atoms with Crippen molar-refractivity contribution in [2.75, 3.05) is 11.9 Å². The molecule has 18 heavy (non-hydrogen) atoms. The Morgan fingerprint density at radius 2 is 1.89 bits per heavy atom. The molecule has 1 unspecified atom stereocenters. The van der Waals surface area contributed by atoms with Crippen molar-refractivity contribution in [2.24, 2.45) is 0 Å². The molecule has 0 heterocycles. The molecule has 0 radical (unpaired) electrons. The summed E-state index contributed by atoms with van der Waals surface area (Å²) < 4.78 is 0. The monoisotopic (exact) mass is 250 g/mol. The first-order chi connectivity index (χ1) is 8.52. The number of carbonyl (C=O) groups excluding carboxylic acids is 2. The summed E-state index contributed by atoms with van der Waals surface area (Å²) in [6, 6.07) is 6.57. The molecule has 1 aromatic rings. The summed E-state index contributed by atoms with van der Waals surface area (Å²) in [7, 11) is 0. The largest absolute Gasteiger partial charge is 0.396 e. The Bertz CT molecular complexity index is 415. The first-order valence-corrected chi connectivity index (χ1v) is 5.82. The molecular weight excluding hydrogens is 232 g/mol. The molecule has 3 N–H and O–H groups in total. The molecule has 0 aliphatic carbocycles. The molecule has 0 aromatic heterocycles. The van der Waals surface area contributed by atoms with Crippen LogP contribution in [0.3, 0.4) is 0 Å². The number of aliphatic hydroxyl groups is 1. The van der Waals surface area contributed by atoms with Crippen LogP contribution in [0.15, 0.2) is 24.3 Å². The van der Waals surface area contributed by atoms with Crippen LogP contribution in [0.4, 0.5) is 5.69 Å². The van der Waals surface area contributed by atoms with E-state index in [1.807, 2.05) is 6.92 Å². The number of carbonyl (C=O) groups is 2. The quantitative estimate of drug-likeness (QED) is 0.733. The van der Waals surface area contributed by atoms with Crippen LogP contribution < -0.4 is 10.6 Å². The van der Waals surface area contributed by atoms with Crippen LogP contribution in [0.2, 0.25) is 0 Å². The molecule has 0 fully saturated rings. The van der Waals surface area contributed by atoms with Gasteiger partial charge in [0.2, 0.25) is 5.91 Å². The number of nitrogens with one attached hydrogen (secondary N) is 2. The molecule has 1 aromatic carbocycles. The minimum absolute atomic E-state index is 0.0446. The van der Waals surface area contributed by atoms with Gasteiger partial charge in [0.1, 0.15) is 0 Å². The predicted molar refractivity (Wildman–Crippen MR) is 69.4 cm³/mol. The zero-order chi connectivity index (χ0) is 13.5. The van der Waals surface area contributed by atoms with Gasteiger partial charge in [0, 0.05) is 30.8 Å². The van der Waals surface area contributed by atoms with Gasteiger partial charge in [-0.05, 0) is 37.6 Å². The normalized spacial score (nSPS) is 11.7. The number of aliphatic hydroxyl groups excluding tert-OH is 1. The molecule has 5 nitrogen and oxygen atoms in total. The van der Waals surface area contributed by atoms with Gasteiger partial charge in [-0.15, -0.1) is 0 Å². The van der Waals surface area contributed by atoms with Gasteiger partial charge in [-0.1, -0.05) is 0 Å². The maximum Gasteiger partial charge on any atom is 0.251 e. The van der Waals surface area contributed by atoms with Gasteiger partial charge in [-0.3, -0.25) is 9.59 Å². The van der Waals surface area contributed by atoms with Crippen molar-refractivity contribution in [2.45, 2.75) is 26.3 Å². The number of hydrogen-bond acceptors (Lipinski definition) is 3. The van der Waals surface area contributed by atoms with Crippen molar-refractivity contribution in [1.82, 2.24) is 5.32 Å².